The second-order valence-corrected chi connectivity index (χ2v) is 6.60. The first-order valence-corrected chi connectivity index (χ1v) is 8.15. The number of nitrogens with zero attached hydrogens (tertiary/aromatic N) is 1. The molecule has 1 saturated carbocycles. The fourth-order valence-corrected chi connectivity index (χ4v) is 2.91. The van der Waals surface area contributed by atoms with Gasteiger partial charge in [-0.25, -0.2) is 0 Å². The summed E-state index contributed by atoms with van der Waals surface area (Å²) in [6, 6.07) is 12.0. The first-order valence-electron chi connectivity index (χ1n) is 7.36. The van der Waals surface area contributed by atoms with Gasteiger partial charge in [-0.1, -0.05) is 28.1 Å². The first-order chi connectivity index (χ1) is 11.4. The van der Waals surface area contributed by atoms with E-state index in [9.17, 15) is 14.9 Å². The topological polar surface area (TPSA) is 81.5 Å². The summed E-state index contributed by atoms with van der Waals surface area (Å²) >= 11 is 3.39. The normalized spacial score (nSPS) is 14.8. The van der Waals surface area contributed by atoms with E-state index in [1.54, 1.807) is 0 Å². The van der Waals surface area contributed by atoms with E-state index in [0.29, 0.717) is 0 Å². The minimum atomic E-state index is -0.558. The second kappa shape index (κ2) is 6.24. The molecule has 0 bridgehead atoms. The lowest BCUT2D eigenvalue weighted by atomic mass is 10.0. The quantitative estimate of drug-likeness (QED) is 0.621. The highest BCUT2D eigenvalue weighted by molar-refractivity contribution is 9.10. The minimum absolute atomic E-state index is 0.130. The van der Waals surface area contributed by atoms with E-state index in [1.165, 1.54) is 25.3 Å². The summed E-state index contributed by atoms with van der Waals surface area (Å²) in [5, 5.41) is 14.1. The monoisotopic (exact) mass is 390 g/mol. The highest BCUT2D eigenvalue weighted by Gasteiger charge is 2.45. The number of nitro benzene ring substituents is 1. The van der Waals surface area contributed by atoms with E-state index in [2.05, 4.69) is 21.2 Å². The van der Waals surface area contributed by atoms with Crippen LogP contribution >= 0.6 is 15.9 Å². The number of rotatable bonds is 5. The number of nitrogens with one attached hydrogen (secondary N) is 1. The number of hydrogen-bond donors (Lipinski definition) is 1. The molecule has 3 rings (SSSR count). The number of methoxy groups -OCH3 is 1. The number of nitro groups is 1. The molecule has 0 aromatic heterocycles. The summed E-state index contributed by atoms with van der Waals surface area (Å²) in [6.07, 6.45) is 1.69. The van der Waals surface area contributed by atoms with Crippen molar-refractivity contribution >= 4 is 27.5 Å². The highest BCUT2D eigenvalue weighted by Crippen LogP contribution is 2.46. The third-order valence-corrected chi connectivity index (χ3v) is 4.67. The summed E-state index contributed by atoms with van der Waals surface area (Å²) in [4.78, 5) is 23.1. The zero-order valence-corrected chi connectivity index (χ0v) is 14.5. The van der Waals surface area contributed by atoms with Crippen LogP contribution in [0.4, 0.5) is 5.69 Å². The standard InChI is InChI=1S/C17H15BrN2O4/c1-24-15-7-2-11(10-14(15)20(22)23)16(21)19-17(8-9-17)12-3-5-13(18)6-4-12/h2-7,10H,8-9H2,1H3,(H,19,21). The van der Waals surface area contributed by atoms with Crippen LogP contribution in [0.3, 0.4) is 0 Å². The van der Waals surface area contributed by atoms with Gasteiger partial charge in [0.15, 0.2) is 5.75 Å². The maximum atomic E-state index is 12.5. The molecule has 0 atom stereocenters. The van der Waals surface area contributed by atoms with Gasteiger partial charge in [-0.15, -0.1) is 0 Å². The van der Waals surface area contributed by atoms with Crippen LogP contribution in [0.2, 0.25) is 0 Å². The summed E-state index contributed by atoms with van der Waals surface area (Å²) < 4.78 is 5.93. The van der Waals surface area contributed by atoms with E-state index < -0.39 is 4.92 Å². The van der Waals surface area contributed by atoms with Gasteiger partial charge in [-0.3, -0.25) is 14.9 Å². The molecule has 1 aliphatic carbocycles. The zero-order valence-electron chi connectivity index (χ0n) is 12.9. The average molecular weight is 391 g/mol. The van der Waals surface area contributed by atoms with Crippen molar-refractivity contribution in [1.82, 2.24) is 5.32 Å². The molecule has 0 spiro atoms. The van der Waals surface area contributed by atoms with Crippen molar-refractivity contribution in [3.63, 3.8) is 0 Å². The number of halogens is 1. The zero-order chi connectivity index (χ0) is 17.3. The van der Waals surface area contributed by atoms with Gasteiger partial charge in [0.2, 0.25) is 0 Å². The Kier molecular flexibility index (Phi) is 4.28. The van der Waals surface area contributed by atoms with Crippen molar-refractivity contribution in [2.75, 3.05) is 7.11 Å². The van der Waals surface area contributed by atoms with Crippen molar-refractivity contribution in [1.29, 1.82) is 0 Å². The molecular weight excluding hydrogens is 376 g/mol. The van der Waals surface area contributed by atoms with Gasteiger partial charge in [-0.05, 0) is 42.7 Å². The Morgan fingerprint density at radius 3 is 2.46 bits per heavy atom. The SMILES string of the molecule is COc1ccc(C(=O)NC2(c3ccc(Br)cc3)CC2)cc1[N+](=O)[O-]. The lowest BCUT2D eigenvalue weighted by Crippen LogP contribution is -2.34. The maximum Gasteiger partial charge on any atom is 0.311 e. The number of carbonyl (C=O) groups excluding carboxylic acids is 1. The van der Waals surface area contributed by atoms with Crippen molar-refractivity contribution < 1.29 is 14.5 Å². The molecule has 2 aromatic carbocycles. The van der Waals surface area contributed by atoms with Crippen molar-refractivity contribution in [2.45, 2.75) is 18.4 Å². The molecule has 1 amide bonds. The van der Waals surface area contributed by atoms with Gasteiger partial charge in [0.25, 0.3) is 5.91 Å². The fraction of sp³-hybridized carbons (Fsp3) is 0.235. The van der Waals surface area contributed by atoms with Crippen molar-refractivity contribution in [3.05, 3.63) is 68.2 Å². The third-order valence-electron chi connectivity index (χ3n) is 4.14. The van der Waals surface area contributed by atoms with Crippen LogP contribution in [0.5, 0.6) is 5.75 Å². The smallest absolute Gasteiger partial charge is 0.311 e. The average Bonchev–Trinajstić information content (AvgIpc) is 3.35. The molecule has 1 N–H and O–H groups in total. The summed E-state index contributed by atoms with van der Waals surface area (Å²) in [6.45, 7) is 0. The molecule has 1 fully saturated rings. The summed E-state index contributed by atoms with van der Waals surface area (Å²) in [5.41, 5.74) is 0.665. The third kappa shape index (κ3) is 3.12. The van der Waals surface area contributed by atoms with Crippen LogP contribution in [0, 0.1) is 10.1 Å². The Balaban J connectivity index is 1.84. The second-order valence-electron chi connectivity index (χ2n) is 5.69. The van der Waals surface area contributed by atoms with E-state index in [0.717, 1.165) is 22.9 Å². The largest absolute Gasteiger partial charge is 0.490 e. The Bertz CT molecular complexity index is 801. The first kappa shape index (κ1) is 16.4. The molecule has 7 heteroatoms. The number of ether oxygens (including phenoxy) is 1. The van der Waals surface area contributed by atoms with Gasteiger partial charge in [0.05, 0.1) is 17.6 Å². The van der Waals surface area contributed by atoms with Gasteiger partial charge < -0.3 is 10.1 Å². The van der Waals surface area contributed by atoms with E-state index >= 15 is 0 Å². The van der Waals surface area contributed by atoms with Crippen molar-refractivity contribution in [2.24, 2.45) is 0 Å². The molecule has 0 unspecified atom stereocenters. The molecule has 0 radical (unpaired) electrons. The lowest BCUT2D eigenvalue weighted by Gasteiger charge is -2.18. The van der Waals surface area contributed by atoms with Gasteiger partial charge in [-0.2, -0.15) is 0 Å². The fourth-order valence-electron chi connectivity index (χ4n) is 2.64. The number of carbonyl (C=O) groups is 1. The molecule has 124 valence electrons. The van der Waals surface area contributed by atoms with Crippen LogP contribution in [0.15, 0.2) is 46.9 Å². The van der Waals surface area contributed by atoms with E-state index in [-0.39, 0.29) is 28.4 Å². The Labute approximate surface area is 147 Å². The predicted octanol–water partition coefficient (Wildman–Crippen LogP) is 3.79. The van der Waals surface area contributed by atoms with Crippen LogP contribution in [-0.4, -0.2) is 17.9 Å². The lowest BCUT2D eigenvalue weighted by molar-refractivity contribution is -0.385. The van der Waals surface area contributed by atoms with E-state index in [4.69, 9.17) is 4.74 Å². The molecule has 24 heavy (non-hydrogen) atoms. The Hall–Kier alpha value is -2.41. The summed E-state index contributed by atoms with van der Waals surface area (Å²) in [7, 11) is 1.36. The molecule has 0 heterocycles. The molecule has 1 aliphatic rings. The predicted molar refractivity (Wildman–Crippen MR) is 92.2 cm³/mol. The molecular formula is C17H15BrN2O4. The molecule has 0 aliphatic heterocycles. The van der Waals surface area contributed by atoms with E-state index in [1.807, 2.05) is 24.3 Å². The Morgan fingerprint density at radius 2 is 1.92 bits per heavy atom. The maximum absolute atomic E-state index is 12.5. The van der Waals surface area contributed by atoms with Crippen LogP contribution in [-0.2, 0) is 5.54 Å². The van der Waals surface area contributed by atoms with Crippen LogP contribution in [0.25, 0.3) is 0 Å². The van der Waals surface area contributed by atoms with Crippen molar-refractivity contribution in [3.8, 4) is 5.75 Å². The van der Waals surface area contributed by atoms with Crippen LogP contribution in [0.1, 0.15) is 28.8 Å². The Morgan fingerprint density at radius 1 is 1.25 bits per heavy atom. The van der Waals surface area contributed by atoms with Gasteiger partial charge >= 0.3 is 5.69 Å². The van der Waals surface area contributed by atoms with Gasteiger partial charge in [0, 0.05) is 16.1 Å². The summed E-state index contributed by atoms with van der Waals surface area (Å²) in [5.74, 6) is -0.202. The number of amides is 1. The molecule has 6 nitrogen and oxygen atoms in total. The number of benzene rings is 2. The van der Waals surface area contributed by atoms with Gasteiger partial charge in [0.1, 0.15) is 0 Å². The minimum Gasteiger partial charge on any atom is -0.490 e. The number of hydrogen-bond acceptors (Lipinski definition) is 4. The molecule has 0 saturated heterocycles. The molecule has 2 aromatic rings. The highest BCUT2D eigenvalue weighted by atomic mass is 79.9. The van der Waals surface area contributed by atoms with Crippen LogP contribution < -0.4 is 10.1 Å².